The van der Waals surface area contributed by atoms with Crippen molar-refractivity contribution in [2.75, 3.05) is 39.6 Å². The van der Waals surface area contributed by atoms with Crippen molar-refractivity contribution in [3.8, 4) is 0 Å². The molecule has 0 aliphatic carbocycles. The molecule has 3 unspecified atom stereocenters. The molecule has 0 aliphatic rings. The van der Waals surface area contributed by atoms with E-state index in [4.69, 9.17) is 37.0 Å². The van der Waals surface area contributed by atoms with Gasteiger partial charge in [-0.3, -0.25) is 37.3 Å². The van der Waals surface area contributed by atoms with Gasteiger partial charge in [-0.15, -0.1) is 0 Å². The molecule has 0 rings (SSSR count). The van der Waals surface area contributed by atoms with Crippen molar-refractivity contribution in [1.82, 2.24) is 0 Å². The van der Waals surface area contributed by atoms with Gasteiger partial charge in [0.25, 0.3) is 0 Å². The summed E-state index contributed by atoms with van der Waals surface area (Å²) in [6.45, 7) is 14.4. The molecular weight excluding hydrogens is 1380 g/mol. The van der Waals surface area contributed by atoms with Crippen LogP contribution < -0.4 is 0 Å². The molecule has 19 heteroatoms. The van der Waals surface area contributed by atoms with E-state index in [0.717, 1.165) is 114 Å². The average molecular weight is 1550 g/mol. The van der Waals surface area contributed by atoms with Gasteiger partial charge in [0.15, 0.2) is 12.2 Å². The Labute approximate surface area is 651 Å². The number of phosphoric acid groups is 2. The molecule has 3 N–H and O–H groups in total. The van der Waals surface area contributed by atoms with Crippen molar-refractivity contribution in [2.24, 2.45) is 23.7 Å². The number of carbonyl (C=O) groups is 4. The lowest BCUT2D eigenvalue weighted by atomic mass is 9.99. The molecule has 6 atom stereocenters. The number of phosphoric ester groups is 2. The zero-order valence-corrected chi connectivity index (χ0v) is 71.9. The first-order valence-electron chi connectivity index (χ1n) is 44.7. The first-order valence-corrected chi connectivity index (χ1v) is 47.7. The Bertz CT molecular complexity index is 2060. The molecule has 0 heterocycles. The first-order chi connectivity index (χ1) is 51.1. The van der Waals surface area contributed by atoms with Gasteiger partial charge in [0.05, 0.1) is 26.4 Å². The summed E-state index contributed by atoms with van der Waals surface area (Å²) in [6, 6.07) is 0. The minimum absolute atomic E-state index is 0.107. The zero-order valence-electron chi connectivity index (χ0n) is 70.1. The summed E-state index contributed by atoms with van der Waals surface area (Å²) >= 11 is 0. The van der Waals surface area contributed by atoms with E-state index in [2.05, 4.69) is 55.4 Å². The number of esters is 4. The van der Waals surface area contributed by atoms with Crippen LogP contribution in [-0.4, -0.2) is 96.7 Å². The summed E-state index contributed by atoms with van der Waals surface area (Å²) in [7, 11) is -9.93. The van der Waals surface area contributed by atoms with Crippen LogP contribution in [0, 0.1) is 23.7 Å². The van der Waals surface area contributed by atoms with Crippen LogP contribution in [-0.2, 0) is 65.4 Å². The van der Waals surface area contributed by atoms with Gasteiger partial charge >= 0.3 is 39.5 Å². The smallest absolute Gasteiger partial charge is 0.462 e. The average Bonchev–Trinajstić information content (AvgIpc) is 0.900. The second-order valence-electron chi connectivity index (χ2n) is 33.0. The monoisotopic (exact) mass is 1550 g/mol. The quantitative estimate of drug-likeness (QED) is 0.0222. The molecule has 0 aliphatic heterocycles. The summed E-state index contributed by atoms with van der Waals surface area (Å²) in [5.41, 5.74) is 0. The Kier molecular flexibility index (Phi) is 74.3. The minimum Gasteiger partial charge on any atom is -0.462 e. The van der Waals surface area contributed by atoms with Crippen LogP contribution in [0.2, 0.25) is 0 Å². The molecule has 0 radical (unpaired) electrons. The number of aliphatic hydroxyl groups excluding tert-OH is 1. The van der Waals surface area contributed by atoms with Gasteiger partial charge in [0.1, 0.15) is 19.3 Å². The third kappa shape index (κ3) is 78.7. The van der Waals surface area contributed by atoms with Crippen LogP contribution in [0.15, 0.2) is 0 Å². The van der Waals surface area contributed by atoms with Crippen LogP contribution in [0.1, 0.15) is 453 Å². The Balaban J connectivity index is 5.25. The van der Waals surface area contributed by atoms with E-state index in [1.807, 2.05) is 0 Å². The van der Waals surface area contributed by atoms with Gasteiger partial charge in [-0.2, -0.15) is 0 Å². The summed E-state index contributed by atoms with van der Waals surface area (Å²) in [5, 5.41) is 10.7. The lowest BCUT2D eigenvalue weighted by Gasteiger charge is -2.21. The molecule has 0 aromatic rings. The number of carbonyl (C=O) groups excluding carboxylic acids is 4. The van der Waals surface area contributed by atoms with Gasteiger partial charge in [0.2, 0.25) is 0 Å². The largest absolute Gasteiger partial charge is 0.472 e. The van der Waals surface area contributed by atoms with E-state index >= 15 is 0 Å². The molecule has 0 spiro atoms. The number of aliphatic hydroxyl groups is 1. The van der Waals surface area contributed by atoms with Crippen molar-refractivity contribution in [2.45, 2.75) is 472 Å². The molecule has 0 fully saturated rings. The summed E-state index contributed by atoms with van der Waals surface area (Å²) in [6.07, 6.45) is 65.2. The van der Waals surface area contributed by atoms with Crippen molar-refractivity contribution < 1.29 is 80.2 Å². The van der Waals surface area contributed by atoms with Gasteiger partial charge < -0.3 is 33.8 Å². The van der Waals surface area contributed by atoms with Gasteiger partial charge in [-0.1, -0.05) is 402 Å². The lowest BCUT2D eigenvalue weighted by Crippen LogP contribution is -2.30. The summed E-state index contributed by atoms with van der Waals surface area (Å²) < 4.78 is 68.9. The number of unbranched alkanes of at least 4 members (excludes halogenated alkanes) is 49. The van der Waals surface area contributed by atoms with Crippen LogP contribution in [0.3, 0.4) is 0 Å². The van der Waals surface area contributed by atoms with Crippen LogP contribution in [0.5, 0.6) is 0 Å². The molecule has 630 valence electrons. The lowest BCUT2D eigenvalue weighted by molar-refractivity contribution is -0.161. The third-order valence-electron chi connectivity index (χ3n) is 20.7. The summed E-state index contributed by atoms with van der Waals surface area (Å²) in [4.78, 5) is 73.3. The molecule has 0 aromatic heterocycles. The number of hydrogen-bond donors (Lipinski definition) is 3. The second-order valence-corrected chi connectivity index (χ2v) is 35.9. The number of hydrogen-bond acceptors (Lipinski definition) is 15. The van der Waals surface area contributed by atoms with Crippen LogP contribution in [0.25, 0.3) is 0 Å². The predicted octanol–water partition coefficient (Wildman–Crippen LogP) is 26.3. The Morgan fingerprint density at radius 2 is 0.453 bits per heavy atom. The van der Waals surface area contributed by atoms with Gasteiger partial charge in [0, 0.05) is 25.7 Å². The highest BCUT2D eigenvalue weighted by molar-refractivity contribution is 7.47. The van der Waals surface area contributed by atoms with Crippen LogP contribution in [0.4, 0.5) is 0 Å². The maximum atomic E-state index is 13.2. The Morgan fingerprint density at radius 1 is 0.264 bits per heavy atom. The maximum Gasteiger partial charge on any atom is 0.472 e. The zero-order chi connectivity index (χ0) is 78.1. The van der Waals surface area contributed by atoms with E-state index in [-0.39, 0.29) is 25.7 Å². The topological polar surface area (TPSA) is 237 Å². The normalized spacial score (nSPS) is 14.2. The van der Waals surface area contributed by atoms with E-state index in [9.17, 15) is 43.2 Å². The predicted molar refractivity (Wildman–Crippen MR) is 437 cm³/mol. The molecule has 17 nitrogen and oxygen atoms in total. The third-order valence-corrected chi connectivity index (χ3v) is 22.6. The van der Waals surface area contributed by atoms with E-state index in [0.29, 0.717) is 25.7 Å². The van der Waals surface area contributed by atoms with Crippen molar-refractivity contribution in [3.05, 3.63) is 0 Å². The highest BCUT2D eigenvalue weighted by Crippen LogP contribution is 2.45. The molecule has 0 bridgehead atoms. The molecule has 0 saturated carbocycles. The molecule has 0 amide bonds. The Hall–Kier alpha value is -1.94. The first kappa shape index (κ1) is 104. The van der Waals surface area contributed by atoms with Gasteiger partial charge in [-0.05, 0) is 49.4 Å². The molecule has 106 heavy (non-hydrogen) atoms. The maximum absolute atomic E-state index is 13.2. The highest BCUT2D eigenvalue weighted by atomic mass is 31.2. The van der Waals surface area contributed by atoms with Crippen molar-refractivity contribution in [1.29, 1.82) is 0 Å². The van der Waals surface area contributed by atoms with E-state index in [1.54, 1.807) is 0 Å². The molecule has 0 saturated heterocycles. The standard InChI is InChI=1S/C87H170O17P2/c1-9-80(8)66-58-50-42-34-26-20-14-12-10-11-13-15-21-28-36-45-53-61-69-86(91)103-82(73-97-84(89)67-59-51-43-35-27-22-16-18-24-31-39-47-55-63-77(2)3)75-101-105(93,94)99-71-81(88)72-100-106(95,96)102-76-83(74-98-85(90)68-60-52-44-38-30-33-41-49-57-65-79(6)7)104-87(92)70-62-54-46-37-29-23-17-19-25-32-40-48-56-64-78(4)5/h77-83,88H,9-76H2,1-8H3,(H,93,94)(H,95,96)/t80?,81-,82-,83-/m1/s1. The second kappa shape index (κ2) is 75.7. The van der Waals surface area contributed by atoms with E-state index in [1.165, 1.54) is 257 Å². The van der Waals surface area contributed by atoms with Crippen LogP contribution >= 0.6 is 15.6 Å². The van der Waals surface area contributed by atoms with Gasteiger partial charge in [-0.25, -0.2) is 9.13 Å². The summed E-state index contributed by atoms with van der Waals surface area (Å²) in [5.74, 6) is 1.09. The minimum atomic E-state index is -4.97. The Morgan fingerprint density at radius 3 is 0.670 bits per heavy atom. The van der Waals surface area contributed by atoms with E-state index < -0.39 is 97.5 Å². The fraction of sp³-hybridized carbons (Fsp3) is 0.954. The number of ether oxygens (including phenoxy) is 4. The SMILES string of the molecule is CCC(C)CCCCCCCCCCCCCCCCCCCCC(=O)O[C@H](COC(=O)CCCCCCCCCCCCCCCC(C)C)COP(=O)(O)OC[C@@H](O)COP(=O)(O)OC[C@@H](COC(=O)CCCCCCCCCCCC(C)C)OC(=O)CCCCCCCCCCCCCCCC(C)C. The number of rotatable bonds is 84. The van der Waals surface area contributed by atoms with Crippen molar-refractivity contribution >= 4 is 39.5 Å². The molecule has 0 aromatic carbocycles. The van der Waals surface area contributed by atoms with Crippen molar-refractivity contribution in [3.63, 3.8) is 0 Å². The fourth-order valence-electron chi connectivity index (χ4n) is 13.5. The fourth-order valence-corrected chi connectivity index (χ4v) is 15.0. The highest BCUT2D eigenvalue weighted by Gasteiger charge is 2.31. The molecular formula is C87H170O17P2.